The fourth-order valence-corrected chi connectivity index (χ4v) is 1.30. The molecule has 1 aromatic heterocycles. The van der Waals surface area contributed by atoms with Gasteiger partial charge in [-0.05, 0) is 25.8 Å². The SMILES string of the molecule is CCOCC(O)CCc1ccnn1C. The lowest BCUT2D eigenvalue weighted by Crippen LogP contribution is -2.16. The van der Waals surface area contributed by atoms with Gasteiger partial charge in [0, 0.05) is 25.5 Å². The molecule has 0 saturated heterocycles. The average Bonchev–Trinajstić information content (AvgIpc) is 2.58. The zero-order valence-electron chi connectivity index (χ0n) is 8.81. The maximum atomic E-state index is 9.52. The van der Waals surface area contributed by atoms with E-state index in [1.54, 1.807) is 6.20 Å². The minimum absolute atomic E-state index is 0.371. The highest BCUT2D eigenvalue weighted by molar-refractivity contribution is 4.99. The molecular formula is C10H18N2O2. The molecule has 0 radical (unpaired) electrons. The fourth-order valence-electron chi connectivity index (χ4n) is 1.30. The zero-order valence-corrected chi connectivity index (χ0v) is 8.81. The molecule has 0 aliphatic rings. The number of hydrogen-bond donors (Lipinski definition) is 1. The van der Waals surface area contributed by atoms with Crippen LogP contribution in [0.5, 0.6) is 0 Å². The van der Waals surface area contributed by atoms with E-state index in [0.717, 1.165) is 18.5 Å². The summed E-state index contributed by atoms with van der Waals surface area (Å²) in [5, 5.41) is 13.6. The van der Waals surface area contributed by atoms with Gasteiger partial charge in [0.1, 0.15) is 0 Å². The summed E-state index contributed by atoms with van der Waals surface area (Å²) in [5.74, 6) is 0. The van der Waals surface area contributed by atoms with Crippen molar-refractivity contribution in [1.82, 2.24) is 9.78 Å². The van der Waals surface area contributed by atoms with Crippen LogP contribution in [0.1, 0.15) is 19.0 Å². The molecule has 1 heterocycles. The second-order valence-corrected chi connectivity index (χ2v) is 3.30. The molecule has 1 unspecified atom stereocenters. The van der Waals surface area contributed by atoms with Gasteiger partial charge in [-0.2, -0.15) is 5.10 Å². The number of aliphatic hydroxyl groups is 1. The number of rotatable bonds is 6. The first-order chi connectivity index (χ1) is 6.74. The van der Waals surface area contributed by atoms with Crippen molar-refractivity contribution in [1.29, 1.82) is 0 Å². The molecule has 14 heavy (non-hydrogen) atoms. The van der Waals surface area contributed by atoms with Crippen molar-refractivity contribution in [3.05, 3.63) is 18.0 Å². The van der Waals surface area contributed by atoms with Gasteiger partial charge in [0.2, 0.25) is 0 Å². The first kappa shape index (κ1) is 11.2. The van der Waals surface area contributed by atoms with Crippen molar-refractivity contribution in [2.75, 3.05) is 13.2 Å². The molecule has 4 heteroatoms. The predicted molar refractivity (Wildman–Crippen MR) is 54.0 cm³/mol. The van der Waals surface area contributed by atoms with Crippen LogP contribution in [-0.4, -0.2) is 34.2 Å². The molecule has 1 rings (SSSR count). The van der Waals surface area contributed by atoms with Crippen LogP contribution in [0.4, 0.5) is 0 Å². The number of aryl methyl sites for hydroxylation is 2. The molecule has 0 bridgehead atoms. The van der Waals surface area contributed by atoms with Crippen LogP contribution in [0.3, 0.4) is 0 Å². The van der Waals surface area contributed by atoms with Gasteiger partial charge < -0.3 is 9.84 Å². The lowest BCUT2D eigenvalue weighted by atomic mass is 10.1. The van der Waals surface area contributed by atoms with E-state index in [0.29, 0.717) is 13.2 Å². The molecule has 0 aliphatic heterocycles. The number of aliphatic hydroxyl groups excluding tert-OH is 1. The number of hydrogen-bond acceptors (Lipinski definition) is 3. The highest BCUT2D eigenvalue weighted by Gasteiger charge is 2.05. The van der Waals surface area contributed by atoms with Crippen LogP contribution in [-0.2, 0) is 18.2 Å². The molecule has 0 aliphatic carbocycles. The van der Waals surface area contributed by atoms with E-state index >= 15 is 0 Å². The van der Waals surface area contributed by atoms with Gasteiger partial charge in [-0.25, -0.2) is 0 Å². The molecule has 4 nitrogen and oxygen atoms in total. The molecule has 0 aromatic carbocycles. The van der Waals surface area contributed by atoms with Crippen LogP contribution in [0.15, 0.2) is 12.3 Å². The number of aromatic nitrogens is 2. The first-order valence-electron chi connectivity index (χ1n) is 4.96. The molecule has 80 valence electrons. The van der Waals surface area contributed by atoms with Crippen molar-refractivity contribution in [3.8, 4) is 0 Å². The van der Waals surface area contributed by atoms with Gasteiger partial charge in [0.25, 0.3) is 0 Å². The van der Waals surface area contributed by atoms with Gasteiger partial charge in [-0.1, -0.05) is 0 Å². The Morgan fingerprint density at radius 3 is 3.00 bits per heavy atom. The molecule has 0 amide bonds. The Balaban J connectivity index is 2.23. The Kier molecular flexibility index (Phi) is 4.62. The van der Waals surface area contributed by atoms with E-state index in [1.165, 1.54) is 0 Å². The molecular weight excluding hydrogens is 180 g/mol. The van der Waals surface area contributed by atoms with Crippen LogP contribution < -0.4 is 0 Å². The second-order valence-electron chi connectivity index (χ2n) is 3.30. The van der Waals surface area contributed by atoms with Crippen LogP contribution in [0.2, 0.25) is 0 Å². The monoisotopic (exact) mass is 198 g/mol. The summed E-state index contributed by atoms with van der Waals surface area (Å²) in [6.45, 7) is 3.00. The lowest BCUT2D eigenvalue weighted by Gasteiger charge is -2.09. The van der Waals surface area contributed by atoms with E-state index < -0.39 is 0 Å². The minimum atomic E-state index is -0.371. The Hall–Kier alpha value is -0.870. The third-order valence-electron chi connectivity index (χ3n) is 2.17. The van der Waals surface area contributed by atoms with Gasteiger partial charge in [-0.15, -0.1) is 0 Å². The largest absolute Gasteiger partial charge is 0.391 e. The normalized spacial score (nSPS) is 13.1. The van der Waals surface area contributed by atoms with E-state index in [4.69, 9.17) is 4.74 Å². The molecule has 0 fully saturated rings. The van der Waals surface area contributed by atoms with E-state index in [2.05, 4.69) is 5.10 Å². The second kappa shape index (κ2) is 5.78. The summed E-state index contributed by atoms with van der Waals surface area (Å²) in [4.78, 5) is 0. The van der Waals surface area contributed by atoms with Crippen molar-refractivity contribution in [2.24, 2.45) is 7.05 Å². The summed E-state index contributed by atoms with van der Waals surface area (Å²) in [5.41, 5.74) is 1.14. The maximum Gasteiger partial charge on any atom is 0.0777 e. The van der Waals surface area contributed by atoms with E-state index in [-0.39, 0.29) is 6.10 Å². The molecule has 0 saturated carbocycles. The van der Waals surface area contributed by atoms with Crippen molar-refractivity contribution >= 4 is 0 Å². The average molecular weight is 198 g/mol. The smallest absolute Gasteiger partial charge is 0.0777 e. The Morgan fingerprint density at radius 2 is 2.43 bits per heavy atom. The fraction of sp³-hybridized carbons (Fsp3) is 0.700. The quantitative estimate of drug-likeness (QED) is 0.733. The maximum absolute atomic E-state index is 9.52. The minimum Gasteiger partial charge on any atom is -0.391 e. The third kappa shape index (κ3) is 3.47. The van der Waals surface area contributed by atoms with Crippen molar-refractivity contribution in [3.63, 3.8) is 0 Å². The standard InChI is InChI=1S/C10H18N2O2/c1-3-14-8-10(13)5-4-9-6-7-11-12(9)2/h6-7,10,13H,3-5,8H2,1-2H3. The zero-order chi connectivity index (χ0) is 10.4. The molecule has 1 aromatic rings. The van der Waals surface area contributed by atoms with Gasteiger partial charge in [-0.3, -0.25) is 4.68 Å². The van der Waals surface area contributed by atoms with E-state index in [9.17, 15) is 5.11 Å². The summed E-state index contributed by atoms with van der Waals surface area (Å²) < 4.78 is 6.95. The highest BCUT2D eigenvalue weighted by Crippen LogP contribution is 2.04. The van der Waals surface area contributed by atoms with Crippen molar-refractivity contribution in [2.45, 2.75) is 25.9 Å². The Morgan fingerprint density at radius 1 is 1.64 bits per heavy atom. The molecule has 0 spiro atoms. The summed E-state index contributed by atoms with van der Waals surface area (Å²) in [6.07, 6.45) is 2.96. The topological polar surface area (TPSA) is 47.3 Å². The third-order valence-corrected chi connectivity index (χ3v) is 2.17. The van der Waals surface area contributed by atoms with Gasteiger partial charge >= 0.3 is 0 Å². The number of nitrogens with zero attached hydrogens (tertiary/aromatic N) is 2. The molecule has 1 N–H and O–H groups in total. The van der Waals surface area contributed by atoms with E-state index in [1.807, 2.05) is 24.7 Å². The Bertz CT molecular complexity index is 260. The summed E-state index contributed by atoms with van der Waals surface area (Å²) in [7, 11) is 1.91. The first-order valence-corrected chi connectivity index (χ1v) is 4.96. The Labute approximate surface area is 84.5 Å². The molecule has 1 atom stereocenters. The van der Waals surface area contributed by atoms with Gasteiger partial charge in [0.05, 0.1) is 12.7 Å². The van der Waals surface area contributed by atoms with Crippen LogP contribution in [0, 0.1) is 0 Å². The van der Waals surface area contributed by atoms with Crippen LogP contribution >= 0.6 is 0 Å². The van der Waals surface area contributed by atoms with Crippen molar-refractivity contribution < 1.29 is 9.84 Å². The summed E-state index contributed by atoms with van der Waals surface area (Å²) >= 11 is 0. The number of ether oxygens (including phenoxy) is 1. The van der Waals surface area contributed by atoms with Crippen LogP contribution in [0.25, 0.3) is 0 Å². The van der Waals surface area contributed by atoms with Gasteiger partial charge in [0.15, 0.2) is 0 Å². The summed E-state index contributed by atoms with van der Waals surface area (Å²) in [6, 6.07) is 1.97. The lowest BCUT2D eigenvalue weighted by molar-refractivity contribution is 0.0382. The highest BCUT2D eigenvalue weighted by atomic mass is 16.5. The predicted octanol–water partition coefficient (Wildman–Crippen LogP) is 0.750.